The molecule has 25 heavy (non-hydrogen) atoms. The van der Waals surface area contributed by atoms with Gasteiger partial charge in [-0.05, 0) is 35.7 Å². The molecule has 0 bridgehead atoms. The maximum Gasteiger partial charge on any atom is 0.322 e. The molecule has 0 unspecified atom stereocenters. The van der Waals surface area contributed by atoms with Crippen LogP contribution in [-0.4, -0.2) is 30.3 Å². The molecule has 9 heteroatoms. The van der Waals surface area contributed by atoms with Crippen molar-refractivity contribution < 1.29 is 17.6 Å². The summed E-state index contributed by atoms with van der Waals surface area (Å²) in [5, 5.41) is 12.1. The number of hydrogen-bond acceptors (Lipinski definition) is 7. The molecule has 0 atom stereocenters. The van der Waals surface area contributed by atoms with Crippen LogP contribution < -0.4 is 5.32 Å². The number of nitrogens with one attached hydrogen (secondary N) is 1. The lowest BCUT2D eigenvalue weighted by atomic mass is 10.2. The maximum absolute atomic E-state index is 12.2. The minimum Gasteiger partial charge on any atom is -0.407 e. The minimum atomic E-state index is -3.29. The van der Waals surface area contributed by atoms with E-state index in [1.54, 1.807) is 18.3 Å². The third-order valence-electron chi connectivity index (χ3n) is 3.45. The van der Waals surface area contributed by atoms with E-state index in [9.17, 15) is 13.2 Å². The highest BCUT2D eigenvalue weighted by Gasteiger charge is 2.15. The van der Waals surface area contributed by atoms with E-state index < -0.39 is 15.7 Å². The second-order valence-corrected chi connectivity index (χ2v) is 8.45. The molecule has 0 aliphatic carbocycles. The third kappa shape index (κ3) is 4.12. The molecule has 1 amide bonds. The summed E-state index contributed by atoms with van der Waals surface area (Å²) in [6, 6.07) is 9.59. The van der Waals surface area contributed by atoms with Crippen molar-refractivity contribution in [2.24, 2.45) is 0 Å². The first-order chi connectivity index (χ1) is 12.0. The molecule has 0 spiro atoms. The number of anilines is 1. The molecule has 7 nitrogen and oxygen atoms in total. The number of sulfone groups is 1. The normalized spacial score (nSPS) is 11.4. The summed E-state index contributed by atoms with van der Waals surface area (Å²) >= 11 is 1.58. The van der Waals surface area contributed by atoms with Crippen LogP contribution in [0.15, 0.2) is 51.1 Å². The molecule has 3 rings (SSSR count). The molecule has 3 aromatic rings. The largest absolute Gasteiger partial charge is 0.407 e. The number of nitrogens with zero attached hydrogens (tertiary/aromatic N) is 2. The zero-order chi connectivity index (χ0) is 17.9. The number of aromatic nitrogens is 2. The molecule has 1 aromatic carbocycles. The number of thiophene rings is 1. The van der Waals surface area contributed by atoms with Crippen LogP contribution in [0.2, 0.25) is 0 Å². The van der Waals surface area contributed by atoms with Crippen LogP contribution >= 0.6 is 11.3 Å². The van der Waals surface area contributed by atoms with E-state index in [1.165, 1.54) is 24.3 Å². The second kappa shape index (κ2) is 7.16. The van der Waals surface area contributed by atoms with Crippen molar-refractivity contribution in [2.45, 2.75) is 18.2 Å². The fourth-order valence-electron chi connectivity index (χ4n) is 2.09. The number of carbonyl (C=O) groups is 1. The molecule has 0 fully saturated rings. The highest BCUT2D eigenvalue weighted by molar-refractivity contribution is 7.91. The summed E-state index contributed by atoms with van der Waals surface area (Å²) < 4.78 is 28.9. The minimum absolute atomic E-state index is 0.00168. The SMILES string of the molecule is CCS(=O)(=O)c1ccc(C(=O)Nc2nnc(Cc3cccs3)o2)cc1. The summed E-state index contributed by atoms with van der Waals surface area (Å²) in [5.74, 6) is -0.0398. The Kier molecular flexibility index (Phi) is 4.95. The van der Waals surface area contributed by atoms with Crippen molar-refractivity contribution >= 4 is 33.1 Å². The van der Waals surface area contributed by atoms with Crippen molar-refractivity contribution in [3.8, 4) is 0 Å². The predicted octanol–water partition coefficient (Wildman–Crippen LogP) is 2.77. The van der Waals surface area contributed by atoms with E-state index in [1.807, 2.05) is 17.5 Å². The average molecular weight is 377 g/mol. The van der Waals surface area contributed by atoms with Gasteiger partial charge in [0.2, 0.25) is 5.89 Å². The van der Waals surface area contributed by atoms with E-state index in [2.05, 4.69) is 15.5 Å². The van der Waals surface area contributed by atoms with Crippen molar-refractivity contribution in [3.63, 3.8) is 0 Å². The van der Waals surface area contributed by atoms with Gasteiger partial charge in [-0.15, -0.1) is 16.4 Å². The summed E-state index contributed by atoms with van der Waals surface area (Å²) in [7, 11) is -3.29. The lowest BCUT2D eigenvalue weighted by Crippen LogP contribution is -2.12. The average Bonchev–Trinajstić information content (AvgIpc) is 3.27. The summed E-state index contributed by atoms with van der Waals surface area (Å²) in [5.41, 5.74) is 0.299. The first kappa shape index (κ1) is 17.3. The number of carbonyl (C=O) groups excluding carboxylic acids is 1. The summed E-state index contributed by atoms with van der Waals surface area (Å²) in [6.45, 7) is 1.57. The maximum atomic E-state index is 12.2. The Morgan fingerprint density at radius 3 is 2.60 bits per heavy atom. The van der Waals surface area contributed by atoms with Gasteiger partial charge in [0.25, 0.3) is 5.91 Å². The molecule has 0 aliphatic heterocycles. The van der Waals surface area contributed by atoms with Crippen LogP contribution in [0.5, 0.6) is 0 Å². The second-order valence-electron chi connectivity index (χ2n) is 5.14. The number of rotatable bonds is 6. The van der Waals surface area contributed by atoms with Crippen LogP contribution in [0.4, 0.5) is 6.01 Å². The van der Waals surface area contributed by atoms with Crippen molar-refractivity contribution in [3.05, 3.63) is 58.1 Å². The monoisotopic (exact) mass is 377 g/mol. The fourth-order valence-corrected chi connectivity index (χ4v) is 3.67. The first-order valence-corrected chi connectivity index (χ1v) is 10.00. The zero-order valence-corrected chi connectivity index (χ0v) is 14.9. The lowest BCUT2D eigenvalue weighted by Gasteiger charge is -2.03. The predicted molar refractivity (Wildman–Crippen MR) is 93.5 cm³/mol. The van der Waals surface area contributed by atoms with Gasteiger partial charge in [0.05, 0.1) is 17.1 Å². The quantitative estimate of drug-likeness (QED) is 0.709. The van der Waals surface area contributed by atoms with Gasteiger partial charge < -0.3 is 4.42 Å². The van der Waals surface area contributed by atoms with Crippen molar-refractivity contribution in [1.29, 1.82) is 0 Å². The van der Waals surface area contributed by atoms with Gasteiger partial charge in [-0.25, -0.2) is 8.42 Å². The van der Waals surface area contributed by atoms with Gasteiger partial charge in [-0.2, -0.15) is 0 Å². The van der Waals surface area contributed by atoms with Gasteiger partial charge in [-0.3, -0.25) is 10.1 Å². The molecular formula is C16H15N3O4S2. The van der Waals surface area contributed by atoms with Crippen LogP contribution in [0.3, 0.4) is 0 Å². The molecule has 2 aromatic heterocycles. The zero-order valence-electron chi connectivity index (χ0n) is 13.3. The molecule has 0 aliphatic rings. The highest BCUT2D eigenvalue weighted by Crippen LogP contribution is 2.17. The van der Waals surface area contributed by atoms with Crippen LogP contribution in [0, 0.1) is 0 Å². The van der Waals surface area contributed by atoms with Crippen LogP contribution in [0.1, 0.15) is 28.0 Å². The van der Waals surface area contributed by atoms with E-state index in [-0.39, 0.29) is 16.7 Å². The number of hydrogen-bond donors (Lipinski definition) is 1. The molecular weight excluding hydrogens is 362 g/mol. The summed E-state index contributed by atoms with van der Waals surface area (Å²) in [4.78, 5) is 13.4. The Balaban J connectivity index is 1.67. The van der Waals surface area contributed by atoms with E-state index in [4.69, 9.17) is 4.42 Å². The number of amides is 1. The van der Waals surface area contributed by atoms with E-state index in [0.29, 0.717) is 17.9 Å². The van der Waals surface area contributed by atoms with Gasteiger partial charge in [0.1, 0.15) is 0 Å². The van der Waals surface area contributed by atoms with E-state index in [0.717, 1.165) is 4.88 Å². The summed E-state index contributed by atoms with van der Waals surface area (Å²) in [6.07, 6.45) is 0.504. The fraction of sp³-hybridized carbons (Fsp3) is 0.188. The standard InChI is InChI=1S/C16H15N3O4S2/c1-2-25(21,22)13-7-5-11(6-8-13)15(20)17-16-19-18-14(23-16)10-12-4-3-9-24-12/h3-9H,2,10H2,1H3,(H,17,19,20). The van der Waals surface area contributed by atoms with Gasteiger partial charge in [-0.1, -0.05) is 18.1 Å². The van der Waals surface area contributed by atoms with Gasteiger partial charge in [0, 0.05) is 10.4 Å². The molecule has 1 N–H and O–H groups in total. The lowest BCUT2D eigenvalue weighted by molar-refractivity contribution is 0.102. The van der Waals surface area contributed by atoms with Crippen LogP contribution in [0.25, 0.3) is 0 Å². The van der Waals surface area contributed by atoms with Gasteiger partial charge >= 0.3 is 6.01 Å². The Hall–Kier alpha value is -2.52. The van der Waals surface area contributed by atoms with E-state index >= 15 is 0 Å². The Labute approximate surface area is 148 Å². The van der Waals surface area contributed by atoms with Crippen molar-refractivity contribution in [1.82, 2.24) is 10.2 Å². The number of benzene rings is 1. The van der Waals surface area contributed by atoms with Gasteiger partial charge in [0.15, 0.2) is 9.84 Å². The van der Waals surface area contributed by atoms with Crippen LogP contribution in [-0.2, 0) is 16.3 Å². The Morgan fingerprint density at radius 2 is 1.96 bits per heavy atom. The highest BCUT2D eigenvalue weighted by atomic mass is 32.2. The molecule has 0 saturated carbocycles. The Morgan fingerprint density at radius 1 is 1.20 bits per heavy atom. The first-order valence-electron chi connectivity index (χ1n) is 7.47. The smallest absolute Gasteiger partial charge is 0.322 e. The Bertz CT molecular complexity index is 961. The third-order valence-corrected chi connectivity index (χ3v) is 6.08. The molecule has 0 radical (unpaired) electrons. The molecule has 130 valence electrons. The molecule has 0 saturated heterocycles. The topological polar surface area (TPSA) is 102 Å². The molecule has 2 heterocycles. The van der Waals surface area contributed by atoms with Crippen molar-refractivity contribution in [2.75, 3.05) is 11.1 Å².